The van der Waals surface area contributed by atoms with Crippen molar-refractivity contribution in [3.05, 3.63) is 46.4 Å². The van der Waals surface area contributed by atoms with Gasteiger partial charge in [-0.25, -0.2) is 4.68 Å². The standard InChI is InChI=1S/C11H13N3O2/c1-16-10-4-2-9(3-5-10)14-11(15)8(6-12)7-13-14/h2-5,7,13H,6,12H2,1H3. The molecule has 84 valence electrons. The van der Waals surface area contributed by atoms with Crippen LogP contribution in [0.25, 0.3) is 5.69 Å². The van der Waals surface area contributed by atoms with Gasteiger partial charge in [0.15, 0.2) is 0 Å². The van der Waals surface area contributed by atoms with Crippen LogP contribution in [-0.4, -0.2) is 16.9 Å². The van der Waals surface area contributed by atoms with Crippen molar-refractivity contribution in [1.29, 1.82) is 0 Å². The second-order valence-corrected chi connectivity index (χ2v) is 3.34. The lowest BCUT2D eigenvalue weighted by molar-refractivity contribution is 0.414. The molecule has 2 aromatic rings. The summed E-state index contributed by atoms with van der Waals surface area (Å²) in [7, 11) is 1.60. The van der Waals surface area contributed by atoms with Crippen LogP contribution >= 0.6 is 0 Å². The Hall–Kier alpha value is -2.01. The van der Waals surface area contributed by atoms with Gasteiger partial charge in [0.1, 0.15) is 5.75 Å². The molecule has 0 radical (unpaired) electrons. The zero-order valence-corrected chi connectivity index (χ0v) is 8.93. The molecule has 2 rings (SSSR count). The summed E-state index contributed by atoms with van der Waals surface area (Å²) in [4.78, 5) is 11.8. The molecule has 0 saturated carbocycles. The molecule has 3 N–H and O–H groups in total. The fraction of sp³-hybridized carbons (Fsp3) is 0.182. The maximum atomic E-state index is 11.8. The molecule has 1 aromatic carbocycles. The van der Waals surface area contributed by atoms with E-state index in [0.717, 1.165) is 11.4 Å². The third kappa shape index (κ3) is 1.72. The van der Waals surface area contributed by atoms with Crippen LogP contribution in [0.3, 0.4) is 0 Å². The van der Waals surface area contributed by atoms with E-state index in [1.807, 2.05) is 0 Å². The van der Waals surface area contributed by atoms with Crippen LogP contribution in [0.4, 0.5) is 0 Å². The molecule has 16 heavy (non-hydrogen) atoms. The van der Waals surface area contributed by atoms with Gasteiger partial charge in [0, 0.05) is 12.7 Å². The number of hydrogen-bond donors (Lipinski definition) is 2. The number of ether oxygens (including phenoxy) is 1. The third-order valence-corrected chi connectivity index (χ3v) is 2.40. The first-order valence-corrected chi connectivity index (χ1v) is 4.90. The van der Waals surface area contributed by atoms with Crippen molar-refractivity contribution in [3.8, 4) is 11.4 Å². The number of benzene rings is 1. The summed E-state index contributed by atoms with van der Waals surface area (Å²) in [6, 6.07) is 7.20. The van der Waals surface area contributed by atoms with Crippen LogP contribution in [-0.2, 0) is 6.54 Å². The van der Waals surface area contributed by atoms with E-state index in [9.17, 15) is 4.79 Å². The number of methoxy groups -OCH3 is 1. The average Bonchev–Trinajstić information content (AvgIpc) is 2.70. The highest BCUT2D eigenvalue weighted by Crippen LogP contribution is 2.12. The van der Waals surface area contributed by atoms with Gasteiger partial charge in [-0.2, -0.15) is 0 Å². The van der Waals surface area contributed by atoms with Gasteiger partial charge in [-0.3, -0.25) is 9.89 Å². The van der Waals surface area contributed by atoms with E-state index >= 15 is 0 Å². The SMILES string of the molecule is COc1ccc(-n2[nH]cc(CN)c2=O)cc1. The molecule has 5 nitrogen and oxygen atoms in total. The number of hydrogen-bond acceptors (Lipinski definition) is 3. The number of rotatable bonds is 3. The lowest BCUT2D eigenvalue weighted by atomic mass is 10.3. The van der Waals surface area contributed by atoms with Gasteiger partial charge >= 0.3 is 0 Å². The highest BCUT2D eigenvalue weighted by molar-refractivity contribution is 5.37. The van der Waals surface area contributed by atoms with Gasteiger partial charge in [-0.15, -0.1) is 0 Å². The Morgan fingerprint density at radius 2 is 2.06 bits per heavy atom. The second kappa shape index (κ2) is 4.24. The Morgan fingerprint density at radius 3 is 2.56 bits per heavy atom. The Labute approximate surface area is 92.4 Å². The van der Waals surface area contributed by atoms with Crippen molar-refractivity contribution in [2.45, 2.75) is 6.54 Å². The summed E-state index contributed by atoms with van der Waals surface area (Å²) >= 11 is 0. The molecule has 0 bridgehead atoms. The summed E-state index contributed by atoms with van der Waals surface area (Å²) in [5.41, 5.74) is 6.64. The molecule has 1 heterocycles. The number of aromatic amines is 1. The molecule has 0 saturated heterocycles. The van der Waals surface area contributed by atoms with E-state index in [-0.39, 0.29) is 12.1 Å². The van der Waals surface area contributed by atoms with Crippen LogP contribution in [0.2, 0.25) is 0 Å². The number of nitrogens with one attached hydrogen (secondary N) is 1. The predicted molar refractivity (Wildman–Crippen MR) is 60.8 cm³/mol. The van der Waals surface area contributed by atoms with Crippen LogP contribution in [0.1, 0.15) is 5.56 Å². The number of H-pyrrole nitrogens is 1. The van der Waals surface area contributed by atoms with Crippen molar-refractivity contribution in [1.82, 2.24) is 9.78 Å². The molecule has 0 aliphatic heterocycles. The molecule has 0 fully saturated rings. The van der Waals surface area contributed by atoms with Crippen LogP contribution < -0.4 is 16.0 Å². The van der Waals surface area contributed by atoms with E-state index in [2.05, 4.69) is 5.10 Å². The topological polar surface area (TPSA) is 73.0 Å². The van der Waals surface area contributed by atoms with Gasteiger partial charge in [-0.05, 0) is 24.3 Å². The van der Waals surface area contributed by atoms with Gasteiger partial charge in [0.05, 0.1) is 18.4 Å². The van der Waals surface area contributed by atoms with Crippen molar-refractivity contribution in [3.63, 3.8) is 0 Å². The van der Waals surface area contributed by atoms with Crippen LogP contribution in [0.15, 0.2) is 35.3 Å². The van der Waals surface area contributed by atoms with Crippen molar-refractivity contribution in [2.75, 3.05) is 7.11 Å². The summed E-state index contributed by atoms with van der Waals surface area (Å²) in [6.07, 6.45) is 1.62. The smallest absolute Gasteiger partial charge is 0.275 e. The molecule has 0 amide bonds. The minimum atomic E-state index is -0.118. The lowest BCUT2D eigenvalue weighted by Gasteiger charge is -2.03. The highest BCUT2D eigenvalue weighted by atomic mass is 16.5. The summed E-state index contributed by atoms with van der Waals surface area (Å²) in [6.45, 7) is 0.235. The maximum Gasteiger partial charge on any atom is 0.275 e. The fourth-order valence-corrected chi connectivity index (χ4v) is 1.48. The Balaban J connectivity index is 2.42. The molecular weight excluding hydrogens is 206 g/mol. The molecule has 0 spiro atoms. The number of nitrogens with two attached hydrogens (primary N) is 1. The predicted octanol–water partition coefficient (Wildman–Crippen LogP) is 0.633. The second-order valence-electron chi connectivity index (χ2n) is 3.34. The van der Waals surface area contributed by atoms with Crippen molar-refractivity contribution >= 4 is 0 Å². The molecule has 5 heteroatoms. The van der Waals surface area contributed by atoms with Gasteiger partial charge < -0.3 is 10.5 Å². The molecule has 1 aromatic heterocycles. The first-order valence-electron chi connectivity index (χ1n) is 4.90. The highest BCUT2D eigenvalue weighted by Gasteiger charge is 2.05. The monoisotopic (exact) mass is 219 g/mol. The summed E-state index contributed by atoms with van der Waals surface area (Å²) in [5.74, 6) is 0.752. The largest absolute Gasteiger partial charge is 0.497 e. The van der Waals surface area contributed by atoms with Crippen molar-refractivity contribution in [2.24, 2.45) is 5.73 Å². The van der Waals surface area contributed by atoms with Crippen LogP contribution in [0, 0.1) is 0 Å². The molecule has 0 aliphatic carbocycles. The lowest BCUT2D eigenvalue weighted by Crippen LogP contribution is -2.18. The van der Waals surface area contributed by atoms with E-state index in [1.165, 1.54) is 4.68 Å². The van der Waals surface area contributed by atoms with E-state index in [0.29, 0.717) is 5.56 Å². The van der Waals surface area contributed by atoms with Gasteiger partial charge in [-0.1, -0.05) is 0 Å². The van der Waals surface area contributed by atoms with Gasteiger partial charge in [0.25, 0.3) is 5.56 Å². The first kappa shape index (κ1) is 10.5. The molecule has 0 aliphatic rings. The van der Waals surface area contributed by atoms with Crippen LogP contribution in [0.5, 0.6) is 5.75 Å². The Kier molecular flexibility index (Phi) is 2.78. The molecule has 0 atom stereocenters. The zero-order chi connectivity index (χ0) is 11.5. The summed E-state index contributed by atoms with van der Waals surface area (Å²) in [5, 5.41) is 2.86. The maximum absolute atomic E-state index is 11.8. The molecule has 0 unspecified atom stereocenters. The Bertz CT molecular complexity index is 525. The quantitative estimate of drug-likeness (QED) is 0.795. The third-order valence-electron chi connectivity index (χ3n) is 2.40. The fourth-order valence-electron chi connectivity index (χ4n) is 1.48. The molecular formula is C11H13N3O2. The minimum Gasteiger partial charge on any atom is -0.497 e. The number of nitrogens with zero attached hydrogens (tertiary/aromatic N) is 1. The average molecular weight is 219 g/mol. The first-order chi connectivity index (χ1) is 7.76. The van der Waals surface area contributed by atoms with Crippen molar-refractivity contribution < 1.29 is 4.74 Å². The number of aromatic nitrogens is 2. The van der Waals surface area contributed by atoms with E-state index in [4.69, 9.17) is 10.5 Å². The van der Waals surface area contributed by atoms with E-state index in [1.54, 1.807) is 37.6 Å². The minimum absolute atomic E-state index is 0.118. The normalized spacial score (nSPS) is 10.4. The Morgan fingerprint density at radius 1 is 1.38 bits per heavy atom. The van der Waals surface area contributed by atoms with E-state index < -0.39 is 0 Å². The van der Waals surface area contributed by atoms with Gasteiger partial charge in [0.2, 0.25) is 0 Å². The zero-order valence-electron chi connectivity index (χ0n) is 8.93. The summed E-state index contributed by atoms with van der Waals surface area (Å²) < 4.78 is 6.49.